The molecule has 0 spiro atoms. The third-order valence-corrected chi connectivity index (χ3v) is 1.44. The minimum Gasteiger partial charge on any atom is -0.380 e. The minimum absolute atomic E-state index is 0.235. The van der Waals surface area contributed by atoms with E-state index in [1.54, 1.807) is 0 Å². The van der Waals surface area contributed by atoms with Crippen LogP contribution in [-0.4, -0.2) is 19.3 Å². The van der Waals surface area contributed by atoms with Gasteiger partial charge in [0.25, 0.3) is 0 Å². The van der Waals surface area contributed by atoms with Crippen LogP contribution >= 0.6 is 0 Å². The molecule has 0 radical (unpaired) electrons. The molecule has 0 heterocycles. The lowest BCUT2D eigenvalue weighted by molar-refractivity contribution is 0.0964. The van der Waals surface area contributed by atoms with Gasteiger partial charge >= 0.3 is 0 Å². The normalized spacial score (nSPS) is 13.9. The van der Waals surface area contributed by atoms with Crippen molar-refractivity contribution in [2.24, 2.45) is 11.7 Å². The molecule has 0 fully saturated rings. The SMILES string of the molecule is CCCC(N)COCC(C)C. The quantitative estimate of drug-likeness (QED) is 0.641. The lowest BCUT2D eigenvalue weighted by Crippen LogP contribution is -2.26. The molecule has 0 aliphatic carbocycles. The Bertz CT molecular complexity index is 83.6. The summed E-state index contributed by atoms with van der Waals surface area (Å²) in [6, 6.07) is 0.235. The van der Waals surface area contributed by atoms with Crippen molar-refractivity contribution in [3.05, 3.63) is 0 Å². The average Bonchev–Trinajstić information content (AvgIpc) is 1.87. The van der Waals surface area contributed by atoms with E-state index in [9.17, 15) is 0 Å². The highest BCUT2D eigenvalue weighted by Gasteiger charge is 2.01. The van der Waals surface area contributed by atoms with Gasteiger partial charge in [-0.2, -0.15) is 0 Å². The summed E-state index contributed by atoms with van der Waals surface area (Å²) < 4.78 is 5.38. The first-order chi connectivity index (χ1) is 5.16. The van der Waals surface area contributed by atoms with Crippen molar-refractivity contribution in [3.8, 4) is 0 Å². The van der Waals surface area contributed by atoms with Crippen molar-refractivity contribution >= 4 is 0 Å². The molecular formula is C9H21NO. The van der Waals surface area contributed by atoms with Crippen molar-refractivity contribution < 1.29 is 4.74 Å². The first kappa shape index (κ1) is 10.9. The maximum absolute atomic E-state index is 5.75. The number of nitrogens with two attached hydrogens (primary N) is 1. The number of hydrogen-bond acceptors (Lipinski definition) is 2. The summed E-state index contributed by atoms with van der Waals surface area (Å²) in [5.41, 5.74) is 5.75. The molecule has 0 aliphatic heterocycles. The monoisotopic (exact) mass is 159 g/mol. The molecule has 2 heteroatoms. The van der Waals surface area contributed by atoms with Gasteiger partial charge in [-0.1, -0.05) is 27.2 Å². The van der Waals surface area contributed by atoms with Crippen LogP contribution in [0.3, 0.4) is 0 Å². The second-order valence-corrected chi connectivity index (χ2v) is 3.48. The highest BCUT2D eigenvalue weighted by molar-refractivity contribution is 4.58. The predicted octanol–water partition coefficient (Wildman–Crippen LogP) is 1.79. The molecule has 0 saturated carbocycles. The van der Waals surface area contributed by atoms with Gasteiger partial charge in [-0.15, -0.1) is 0 Å². The molecule has 2 N–H and O–H groups in total. The summed E-state index contributed by atoms with van der Waals surface area (Å²) >= 11 is 0. The van der Waals surface area contributed by atoms with Gasteiger partial charge in [0, 0.05) is 12.6 Å². The zero-order valence-corrected chi connectivity index (χ0v) is 7.97. The fourth-order valence-corrected chi connectivity index (χ4v) is 0.909. The number of ether oxygens (including phenoxy) is 1. The fourth-order valence-electron chi connectivity index (χ4n) is 0.909. The van der Waals surface area contributed by atoms with Crippen LogP contribution in [0.15, 0.2) is 0 Å². The van der Waals surface area contributed by atoms with E-state index in [1.165, 1.54) is 0 Å². The molecule has 11 heavy (non-hydrogen) atoms. The average molecular weight is 159 g/mol. The summed E-state index contributed by atoms with van der Waals surface area (Å²) in [5.74, 6) is 0.615. The van der Waals surface area contributed by atoms with E-state index in [2.05, 4.69) is 20.8 Å². The molecule has 0 rings (SSSR count). The van der Waals surface area contributed by atoms with Crippen LogP contribution in [0.5, 0.6) is 0 Å². The van der Waals surface area contributed by atoms with Gasteiger partial charge in [0.15, 0.2) is 0 Å². The Labute approximate surface area is 70.1 Å². The molecule has 2 nitrogen and oxygen atoms in total. The Kier molecular flexibility index (Phi) is 6.57. The molecule has 0 aromatic rings. The van der Waals surface area contributed by atoms with E-state index in [0.29, 0.717) is 12.5 Å². The summed E-state index contributed by atoms with van der Waals surface area (Å²) in [6.07, 6.45) is 2.21. The summed E-state index contributed by atoms with van der Waals surface area (Å²) in [4.78, 5) is 0. The summed E-state index contributed by atoms with van der Waals surface area (Å²) in [7, 11) is 0. The van der Waals surface area contributed by atoms with Crippen LogP contribution in [0.1, 0.15) is 33.6 Å². The standard InChI is InChI=1S/C9H21NO/c1-4-5-9(10)7-11-6-8(2)3/h8-9H,4-7,10H2,1-3H3. The van der Waals surface area contributed by atoms with E-state index in [4.69, 9.17) is 10.5 Å². The molecule has 0 saturated heterocycles. The second kappa shape index (κ2) is 6.62. The third-order valence-electron chi connectivity index (χ3n) is 1.44. The van der Waals surface area contributed by atoms with Crippen molar-refractivity contribution in [1.82, 2.24) is 0 Å². The zero-order chi connectivity index (χ0) is 8.69. The largest absolute Gasteiger partial charge is 0.380 e. The molecule has 0 aliphatic rings. The molecule has 1 atom stereocenters. The van der Waals surface area contributed by atoms with Crippen LogP contribution in [0.2, 0.25) is 0 Å². The molecule has 0 aromatic heterocycles. The van der Waals surface area contributed by atoms with Crippen LogP contribution in [0, 0.1) is 5.92 Å². The molecule has 68 valence electrons. The van der Waals surface area contributed by atoms with Crippen LogP contribution in [-0.2, 0) is 4.74 Å². The molecule has 0 aromatic carbocycles. The number of hydrogen-bond donors (Lipinski definition) is 1. The Balaban J connectivity index is 3.10. The van der Waals surface area contributed by atoms with Gasteiger partial charge in [-0.25, -0.2) is 0 Å². The molecule has 0 amide bonds. The van der Waals surface area contributed by atoms with Gasteiger partial charge in [0.05, 0.1) is 6.61 Å². The maximum Gasteiger partial charge on any atom is 0.0617 e. The summed E-state index contributed by atoms with van der Waals surface area (Å²) in [6.45, 7) is 7.97. The second-order valence-electron chi connectivity index (χ2n) is 3.48. The third kappa shape index (κ3) is 7.82. The first-order valence-electron chi connectivity index (χ1n) is 4.50. The van der Waals surface area contributed by atoms with E-state index in [0.717, 1.165) is 19.4 Å². The van der Waals surface area contributed by atoms with Crippen molar-refractivity contribution in [2.45, 2.75) is 39.7 Å². The first-order valence-corrected chi connectivity index (χ1v) is 4.50. The Morgan fingerprint density at radius 2 is 1.91 bits per heavy atom. The van der Waals surface area contributed by atoms with E-state index in [1.807, 2.05) is 0 Å². The Morgan fingerprint density at radius 3 is 2.36 bits per heavy atom. The summed E-state index contributed by atoms with van der Waals surface area (Å²) in [5, 5.41) is 0. The van der Waals surface area contributed by atoms with Gasteiger partial charge < -0.3 is 10.5 Å². The Morgan fingerprint density at radius 1 is 1.27 bits per heavy atom. The maximum atomic E-state index is 5.75. The molecule has 1 unspecified atom stereocenters. The van der Waals surface area contributed by atoms with E-state index < -0.39 is 0 Å². The highest BCUT2D eigenvalue weighted by Crippen LogP contribution is 1.96. The van der Waals surface area contributed by atoms with E-state index in [-0.39, 0.29) is 6.04 Å². The highest BCUT2D eigenvalue weighted by atomic mass is 16.5. The topological polar surface area (TPSA) is 35.2 Å². The van der Waals surface area contributed by atoms with Crippen molar-refractivity contribution in [1.29, 1.82) is 0 Å². The van der Waals surface area contributed by atoms with Crippen molar-refractivity contribution in [3.63, 3.8) is 0 Å². The molecular weight excluding hydrogens is 138 g/mol. The van der Waals surface area contributed by atoms with Gasteiger partial charge in [0.1, 0.15) is 0 Å². The Hall–Kier alpha value is -0.0800. The van der Waals surface area contributed by atoms with Gasteiger partial charge in [-0.3, -0.25) is 0 Å². The smallest absolute Gasteiger partial charge is 0.0617 e. The van der Waals surface area contributed by atoms with Crippen LogP contribution < -0.4 is 5.73 Å². The van der Waals surface area contributed by atoms with E-state index >= 15 is 0 Å². The van der Waals surface area contributed by atoms with Crippen LogP contribution in [0.25, 0.3) is 0 Å². The predicted molar refractivity (Wildman–Crippen MR) is 48.5 cm³/mol. The number of rotatable bonds is 6. The minimum atomic E-state index is 0.235. The zero-order valence-electron chi connectivity index (χ0n) is 7.97. The van der Waals surface area contributed by atoms with Gasteiger partial charge in [0.2, 0.25) is 0 Å². The molecule has 0 bridgehead atoms. The lowest BCUT2D eigenvalue weighted by Gasteiger charge is -2.11. The van der Waals surface area contributed by atoms with Crippen LogP contribution in [0.4, 0.5) is 0 Å². The van der Waals surface area contributed by atoms with Crippen molar-refractivity contribution in [2.75, 3.05) is 13.2 Å². The van der Waals surface area contributed by atoms with Gasteiger partial charge in [-0.05, 0) is 12.3 Å². The lowest BCUT2D eigenvalue weighted by atomic mass is 10.2. The fraction of sp³-hybridized carbons (Fsp3) is 1.00.